The first kappa shape index (κ1) is 8.82. The lowest BCUT2D eigenvalue weighted by atomic mass is 10.3. The summed E-state index contributed by atoms with van der Waals surface area (Å²) < 4.78 is 3.82. The second-order valence-corrected chi connectivity index (χ2v) is 4.41. The van der Waals surface area contributed by atoms with Gasteiger partial charge in [-0.05, 0) is 30.4 Å². The van der Waals surface area contributed by atoms with E-state index in [0.29, 0.717) is 4.77 Å². The van der Waals surface area contributed by atoms with Gasteiger partial charge in [-0.3, -0.25) is 4.57 Å². The van der Waals surface area contributed by atoms with Gasteiger partial charge in [0.1, 0.15) is 0 Å². The van der Waals surface area contributed by atoms with Gasteiger partial charge in [-0.2, -0.15) is 0 Å². The minimum Gasteiger partial charge on any atom is -0.337 e. The van der Waals surface area contributed by atoms with Crippen molar-refractivity contribution in [1.29, 1.82) is 0 Å². The Morgan fingerprint density at radius 2 is 2.33 bits per heavy atom. The third-order valence-electron chi connectivity index (χ3n) is 2.24. The lowest BCUT2D eigenvalue weighted by molar-refractivity contribution is 1.03. The van der Waals surface area contributed by atoms with Crippen molar-refractivity contribution in [3.8, 4) is 5.69 Å². The Kier molecular flexibility index (Phi) is 1.93. The molecule has 0 unspecified atom stereocenters. The van der Waals surface area contributed by atoms with Crippen LogP contribution >= 0.6 is 23.6 Å². The first-order chi connectivity index (χ1) is 7.34. The predicted octanol–water partition coefficient (Wildman–Crippen LogP) is 3.14. The zero-order chi connectivity index (χ0) is 10.3. The smallest absolute Gasteiger partial charge is 0.181 e. The van der Waals surface area contributed by atoms with Gasteiger partial charge in [0.15, 0.2) is 4.77 Å². The van der Waals surface area contributed by atoms with Crippen LogP contribution < -0.4 is 0 Å². The van der Waals surface area contributed by atoms with Crippen LogP contribution in [0.1, 0.15) is 0 Å². The van der Waals surface area contributed by atoms with Crippen molar-refractivity contribution in [2.75, 3.05) is 0 Å². The van der Waals surface area contributed by atoms with E-state index in [9.17, 15) is 0 Å². The molecule has 3 aromatic rings. The van der Waals surface area contributed by atoms with Gasteiger partial charge < -0.3 is 4.98 Å². The van der Waals surface area contributed by atoms with Crippen molar-refractivity contribution in [2.45, 2.75) is 0 Å². The minimum atomic E-state index is 0.707. The third kappa shape index (κ3) is 1.40. The number of nitrogens with zero attached hydrogens (tertiary/aromatic N) is 2. The number of nitrogens with one attached hydrogen (secondary N) is 1. The molecule has 0 aliphatic carbocycles. The summed E-state index contributed by atoms with van der Waals surface area (Å²) in [5.41, 5.74) is 3.95. The highest BCUT2D eigenvalue weighted by molar-refractivity contribution is 7.71. The quantitative estimate of drug-likeness (QED) is 0.655. The first-order valence-electron chi connectivity index (χ1n) is 4.44. The molecule has 1 aromatic carbocycles. The number of H-pyrrole nitrogens is 1. The SMILES string of the molecule is S=c1[nH]ccn1-c1ccc2ncsc2c1. The summed E-state index contributed by atoms with van der Waals surface area (Å²) in [7, 11) is 0. The highest BCUT2D eigenvalue weighted by Crippen LogP contribution is 2.21. The molecule has 0 radical (unpaired) electrons. The molecule has 15 heavy (non-hydrogen) atoms. The van der Waals surface area contributed by atoms with Crippen molar-refractivity contribution in [3.63, 3.8) is 0 Å². The van der Waals surface area contributed by atoms with E-state index in [1.807, 2.05) is 34.6 Å². The molecule has 2 heterocycles. The maximum atomic E-state index is 5.16. The van der Waals surface area contributed by atoms with Gasteiger partial charge in [-0.15, -0.1) is 11.3 Å². The molecule has 2 aromatic heterocycles. The zero-order valence-corrected chi connectivity index (χ0v) is 9.31. The number of aromatic nitrogens is 3. The average molecular weight is 233 g/mol. The fraction of sp³-hybridized carbons (Fsp3) is 0. The van der Waals surface area contributed by atoms with E-state index in [0.717, 1.165) is 11.2 Å². The van der Waals surface area contributed by atoms with Crippen molar-refractivity contribution in [3.05, 3.63) is 40.9 Å². The summed E-state index contributed by atoms with van der Waals surface area (Å²) >= 11 is 6.80. The van der Waals surface area contributed by atoms with Crippen LogP contribution in [-0.4, -0.2) is 14.5 Å². The van der Waals surface area contributed by atoms with Crippen molar-refractivity contribution < 1.29 is 0 Å². The Morgan fingerprint density at radius 3 is 3.13 bits per heavy atom. The summed E-state index contributed by atoms with van der Waals surface area (Å²) in [5, 5.41) is 0. The second kappa shape index (κ2) is 3.29. The standard InChI is InChI=1S/C10H7N3S2/c14-10-11-3-4-13(10)7-1-2-8-9(5-7)15-6-12-8/h1-6H,(H,11,14). The van der Waals surface area contributed by atoms with E-state index < -0.39 is 0 Å². The molecule has 0 saturated heterocycles. The van der Waals surface area contributed by atoms with E-state index in [1.165, 1.54) is 4.70 Å². The molecule has 0 aliphatic heterocycles. The van der Waals surface area contributed by atoms with Crippen LogP contribution in [0.5, 0.6) is 0 Å². The van der Waals surface area contributed by atoms with Gasteiger partial charge in [0.2, 0.25) is 0 Å². The van der Waals surface area contributed by atoms with Crippen LogP contribution in [0, 0.1) is 4.77 Å². The van der Waals surface area contributed by atoms with Crippen LogP contribution in [0.3, 0.4) is 0 Å². The van der Waals surface area contributed by atoms with Gasteiger partial charge >= 0.3 is 0 Å². The Morgan fingerprint density at radius 1 is 1.40 bits per heavy atom. The topological polar surface area (TPSA) is 33.6 Å². The predicted molar refractivity (Wildman–Crippen MR) is 64.1 cm³/mol. The van der Waals surface area contributed by atoms with E-state index in [4.69, 9.17) is 12.2 Å². The van der Waals surface area contributed by atoms with Gasteiger partial charge in [-0.1, -0.05) is 0 Å². The third-order valence-corrected chi connectivity index (χ3v) is 3.35. The number of aromatic amines is 1. The highest BCUT2D eigenvalue weighted by atomic mass is 32.1. The number of fused-ring (bicyclic) bond motifs is 1. The van der Waals surface area contributed by atoms with Crippen LogP contribution in [0.25, 0.3) is 15.9 Å². The number of benzene rings is 1. The molecular weight excluding hydrogens is 226 g/mol. The molecule has 0 fully saturated rings. The molecule has 3 nitrogen and oxygen atoms in total. The normalized spacial score (nSPS) is 10.9. The van der Waals surface area contributed by atoms with Crippen LogP contribution in [0.4, 0.5) is 0 Å². The summed E-state index contributed by atoms with van der Waals surface area (Å²) in [4.78, 5) is 7.21. The molecule has 5 heteroatoms. The highest BCUT2D eigenvalue weighted by Gasteiger charge is 2.01. The number of thiazole rings is 1. The Bertz CT molecular complexity index is 662. The Balaban J connectivity index is 2.28. The average Bonchev–Trinajstić information content (AvgIpc) is 2.84. The van der Waals surface area contributed by atoms with Gasteiger partial charge in [-0.25, -0.2) is 4.98 Å². The maximum absolute atomic E-state index is 5.16. The molecular formula is C10H7N3S2. The van der Waals surface area contributed by atoms with Gasteiger partial charge in [0.25, 0.3) is 0 Å². The summed E-state index contributed by atoms with van der Waals surface area (Å²) in [6.07, 6.45) is 3.75. The number of imidazole rings is 1. The molecule has 3 rings (SSSR count). The lowest BCUT2D eigenvalue weighted by Gasteiger charge is -2.00. The molecule has 0 amide bonds. The van der Waals surface area contributed by atoms with Gasteiger partial charge in [0, 0.05) is 18.1 Å². The summed E-state index contributed by atoms with van der Waals surface area (Å²) in [5.74, 6) is 0. The van der Waals surface area contributed by atoms with E-state index in [-0.39, 0.29) is 0 Å². The van der Waals surface area contributed by atoms with Crippen molar-refractivity contribution >= 4 is 33.8 Å². The van der Waals surface area contributed by atoms with E-state index in [2.05, 4.69) is 16.0 Å². The largest absolute Gasteiger partial charge is 0.337 e. The van der Waals surface area contributed by atoms with Gasteiger partial charge in [0.05, 0.1) is 15.7 Å². The fourth-order valence-corrected chi connectivity index (χ4v) is 2.46. The molecule has 74 valence electrons. The van der Waals surface area contributed by atoms with E-state index in [1.54, 1.807) is 11.3 Å². The summed E-state index contributed by atoms with van der Waals surface area (Å²) in [6.45, 7) is 0. The molecule has 0 bridgehead atoms. The molecule has 1 N–H and O–H groups in total. The fourth-order valence-electron chi connectivity index (χ4n) is 1.52. The molecule has 0 saturated carbocycles. The number of rotatable bonds is 1. The zero-order valence-electron chi connectivity index (χ0n) is 7.68. The number of hydrogen-bond donors (Lipinski definition) is 1. The maximum Gasteiger partial charge on any atom is 0.181 e. The first-order valence-corrected chi connectivity index (χ1v) is 5.73. The summed E-state index contributed by atoms with van der Waals surface area (Å²) in [6, 6.07) is 6.12. The number of hydrogen-bond acceptors (Lipinski definition) is 3. The molecule has 0 spiro atoms. The lowest BCUT2D eigenvalue weighted by Crippen LogP contribution is -1.90. The van der Waals surface area contributed by atoms with E-state index >= 15 is 0 Å². The Labute approximate surface area is 95.0 Å². The minimum absolute atomic E-state index is 0.707. The van der Waals surface area contributed by atoms with Crippen LogP contribution in [0.15, 0.2) is 36.1 Å². The van der Waals surface area contributed by atoms with Crippen molar-refractivity contribution in [2.24, 2.45) is 0 Å². The Hall–Kier alpha value is -1.46. The van der Waals surface area contributed by atoms with Crippen LogP contribution in [-0.2, 0) is 0 Å². The molecule has 0 atom stereocenters. The second-order valence-electron chi connectivity index (χ2n) is 3.14. The monoisotopic (exact) mass is 233 g/mol. The molecule has 0 aliphatic rings. The van der Waals surface area contributed by atoms with Crippen molar-refractivity contribution in [1.82, 2.24) is 14.5 Å². The van der Waals surface area contributed by atoms with Crippen LogP contribution in [0.2, 0.25) is 0 Å².